The molecule has 0 aliphatic rings. The predicted octanol–water partition coefficient (Wildman–Crippen LogP) is 2.81. The van der Waals surface area contributed by atoms with Gasteiger partial charge < -0.3 is 5.32 Å². The van der Waals surface area contributed by atoms with Crippen LogP contribution in [0, 0.1) is 18.6 Å². The lowest BCUT2D eigenvalue weighted by Crippen LogP contribution is -2.14. The quantitative estimate of drug-likeness (QED) is 0.672. The van der Waals surface area contributed by atoms with E-state index in [1.807, 2.05) is 14.0 Å². The maximum absolute atomic E-state index is 13.2. The van der Waals surface area contributed by atoms with Gasteiger partial charge in [0.15, 0.2) is 11.6 Å². The second kappa shape index (κ2) is 7.31. The van der Waals surface area contributed by atoms with Gasteiger partial charge in [0, 0.05) is 37.1 Å². The molecule has 3 aromatic rings. The molecule has 10 heteroatoms. The lowest BCUT2D eigenvalue weighted by Gasteiger charge is -2.09. The molecular weight excluding hydrogens is 376 g/mol. The zero-order chi connectivity index (χ0) is 19.6. The molecule has 0 saturated heterocycles. The fourth-order valence-corrected chi connectivity index (χ4v) is 3.31. The van der Waals surface area contributed by atoms with E-state index in [-0.39, 0.29) is 10.6 Å². The highest BCUT2D eigenvalue weighted by Gasteiger charge is 2.16. The van der Waals surface area contributed by atoms with Crippen LogP contribution in [0.15, 0.2) is 47.6 Å². The van der Waals surface area contributed by atoms with Gasteiger partial charge in [-0.3, -0.25) is 9.40 Å². The molecule has 0 amide bonds. The van der Waals surface area contributed by atoms with E-state index in [9.17, 15) is 17.2 Å². The van der Waals surface area contributed by atoms with Crippen LogP contribution in [0.25, 0.3) is 0 Å². The molecule has 2 heterocycles. The molecule has 27 heavy (non-hydrogen) atoms. The molecule has 0 bridgehead atoms. The van der Waals surface area contributed by atoms with Gasteiger partial charge in [0.05, 0.1) is 11.9 Å². The third-order valence-corrected chi connectivity index (χ3v) is 5.38. The molecule has 7 nitrogen and oxygen atoms in total. The number of anilines is 2. The standard InChI is InChI=1S/C17H17F2N5O2S/c1-11-12(9-22-24(11)2)8-20-17-6-4-14(10-21-17)27(25,26)23-13-3-5-15(18)16(19)7-13/h3-7,9-10,23H,8H2,1-2H3,(H,20,21). The van der Waals surface area contributed by atoms with Crippen LogP contribution in [0.1, 0.15) is 11.3 Å². The monoisotopic (exact) mass is 393 g/mol. The van der Waals surface area contributed by atoms with E-state index in [1.54, 1.807) is 10.9 Å². The number of aryl methyl sites for hydroxylation is 1. The van der Waals surface area contributed by atoms with Crippen molar-refractivity contribution < 1.29 is 17.2 Å². The van der Waals surface area contributed by atoms with E-state index in [1.165, 1.54) is 18.3 Å². The number of nitrogens with one attached hydrogen (secondary N) is 2. The van der Waals surface area contributed by atoms with E-state index in [2.05, 4.69) is 20.1 Å². The zero-order valence-corrected chi connectivity index (χ0v) is 15.4. The summed E-state index contributed by atoms with van der Waals surface area (Å²) >= 11 is 0. The molecule has 0 saturated carbocycles. The van der Waals surface area contributed by atoms with Gasteiger partial charge in [0.25, 0.3) is 10.0 Å². The van der Waals surface area contributed by atoms with Crippen molar-refractivity contribution in [3.8, 4) is 0 Å². The van der Waals surface area contributed by atoms with E-state index in [0.29, 0.717) is 12.4 Å². The summed E-state index contributed by atoms with van der Waals surface area (Å²) in [5, 5.41) is 7.23. The third kappa shape index (κ3) is 4.22. The van der Waals surface area contributed by atoms with Crippen LogP contribution in [0.3, 0.4) is 0 Å². The summed E-state index contributed by atoms with van der Waals surface area (Å²) in [7, 11) is -2.13. The molecule has 3 rings (SSSR count). The minimum absolute atomic E-state index is 0.0804. The van der Waals surface area contributed by atoms with E-state index >= 15 is 0 Å². The van der Waals surface area contributed by atoms with Crippen molar-refractivity contribution in [2.24, 2.45) is 7.05 Å². The largest absolute Gasteiger partial charge is 0.366 e. The number of benzene rings is 1. The molecule has 2 N–H and O–H groups in total. The summed E-state index contributed by atoms with van der Waals surface area (Å²) in [6.07, 6.45) is 2.92. The first-order chi connectivity index (χ1) is 12.8. The molecule has 142 valence electrons. The van der Waals surface area contributed by atoms with Gasteiger partial charge in [-0.15, -0.1) is 0 Å². The molecular formula is C17H17F2N5O2S. The number of rotatable bonds is 6. The zero-order valence-electron chi connectivity index (χ0n) is 14.6. The Morgan fingerprint density at radius 1 is 1.11 bits per heavy atom. The first-order valence-electron chi connectivity index (χ1n) is 7.91. The Bertz CT molecular complexity index is 1070. The molecule has 0 radical (unpaired) electrons. The number of aromatic nitrogens is 3. The highest BCUT2D eigenvalue weighted by molar-refractivity contribution is 7.92. The number of nitrogens with zero attached hydrogens (tertiary/aromatic N) is 3. The first-order valence-corrected chi connectivity index (χ1v) is 9.40. The fraction of sp³-hybridized carbons (Fsp3) is 0.176. The molecule has 1 aromatic carbocycles. The lowest BCUT2D eigenvalue weighted by molar-refractivity contribution is 0.509. The Balaban J connectivity index is 1.69. The summed E-state index contributed by atoms with van der Waals surface area (Å²) in [6.45, 7) is 2.43. The molecule has 0 fully saturated rings. The summed E-state index contributed by atoms with van der Waals surface area (Å²) in [5.74, 6) is -1.71. The summed E-state index contributed by atoms with van der Waals surface area (Å²) in [4.78, 5) is 3.98. The third-order valence-electron chi connectivity index (χ3n) is 4.02. The summed E-state index contributed by atoms with van der Waals surface area (Å²) in [6, 6.07) is 5.64. The maximum atomic E-state index is 13.2. The van der Waals surface area contributed by atoms with Gasteiger partial charge in [-0.2, -0.15) is 5.10 Å². The Labute approximate surface area is 155 Å². The van der Waals surface area contributed by atoms with E-state index in [0.717, 1.165) is 29.5 Å². The fourth-order valence-electron chi connectivity index (χ4n) is 2.32. The Hall–Kier alpha value is -3.01. The molecule has 0 aliphatic carbocycles. The van der Waals surface area contributed by atoms with Gasteiger partial charge in [0.1, 0.15) is 10.7 Å². The van der Waals surface area contributed by atoms with E-state index in [4.69, 9.17) is 0 Å². The van der Waals surface area contributed by atoms with Crippen molar-refractivity contribution in [3.63, 3.8) is 0 Å². The van der Waals surface area contributed by atoms with Gasteiger partial charge >= 0.3 is 0 Å². The lowest BCUT2D eigenvalue weighted by atomic mass is 10.2. The van der Waals surface area contributed by atoms with Crippen molar-refractivity contribution in [3.05, 3.63) is 65.6 Å². The first kappa shape index (κ1) is 18.8. The summed E-state index contributed by atoms with van der Waals surface area (Å²) < 4.78 is 54.8. The van der Waals surface area contributed by atoms with Crippen molar-refractivity contribution in [1.29, 1.82) is 0 Å². The van der Waals surface area contributed by atoms with Crippen LogP contribution in [0.2, 0.25) is 0 Å². The molecule has 0 atom stereocenters. The number of halogens is 2. The average Bonchev–Trinajstić information content (AvgIpc) is 2.95. The number of hydrogen-bond acceptors (Lipinski definition) is 5. The SMILES string of the molecule is Cc1c(CNc2ccc(S(=O)(=O)Nc3ccc(F)c(F)c3)cn2)cnn1C. The molecule has 0 spiro atoms. The number of pyridine rings is 1. The van der Waals surface area contributed by atoms with Gasteiger partial charge in [-0.05, 0) is 31.2 Å². The highest BCUT2D eigenvalue weighted by atomic mass is 32.2. The molecule has 0 unspecified atom stereocenters. The van der Waals surface area contributed by atoms with Crippen LogP contribution in [0.5, 0.6) is 0 Å². The van der Waals surface area contributed by atoms with Crippen molar-refractivity contribution in [2.75, 3.05) is 10.0 Å². The molecule has 2 aromatic heterocycles. The average molecular weight is 393 g/mol. The second-order valence-corrected chi connectivity index (χ2v) is 7.53. The Kier molecular flexibility index (Phi) is 5.08. The minimum atomic E-state index is -3.97. The van der Waals surface area contributed by atoms with Crippen LogP contribution >= 0.6 is 0 Å². The smallest absolute Gasteiger partial charge is 0.263 e. The maximum Gasteiger partial charge on any atom is 0.263 e. The van der Waals surface area contributed by atoms with Crippen molar-refractivity contribution in [1.82, 2.24) is 14.8 Å². The predicted molar refractivity (Wildman–Crippen MR) is 96.7 cm³/mol. The van der Waals surface area contributed by atoms with Crippen LogP contribution < -0.4 is 10.0 Å². The number of hydrogen-bond donors (Lipinski definition) is 2. The van der Waals surface area contributed by atoms with Crippen LogP contribution in [-0.4, -0.2) is 23.2 Å². The Morgan fingerprint density at radius 3 is 2.48 bits per heavy atom. The van der Waals surface area contributed by atoms with Gasteiger partial charge in [-0.1, -0.05) is 0 Å². The second-order valence-electron chi connectivity index (χ2n) is 5.85. The van der Waals surface area contributed by atoms with Gasteiger partial charge in [-0.25, -0.2) is 22.2 Å². The van der Waals surface area contributed by atoms with Crippen molar-refractivity contribution >= 4 is 21.5 Å². The van der Waals surface area contributed by atoms with Gasteiger partial charge in [0.2, 0.25) is 0 Å². The number of sulfonamides is 1. The van der Waals surface area contributed by atoms with Crippen molar-refractivity contribution in [2.45, 2.75) is 18.4 Å². The van der Waals surface area contributed by atoms with Crippen LogP contribution in [-0.2, 0) is 23.6 Å². The van der Waals surface area contributed by atoms with Crippen LogP contribution in [0.4, 0.5) is 20.3 Å². The summed E-state index contributed by atoms with van der Waals surface area (Å²) in [5.41, 5.74) is 1.93. The topological polar surface area (TPSA) is 88.9 Å². The molecule has 0 aliphatic heterocycles. The normalized spacial score (nSPS) is 11.4. The minimum Gasteiger partial charge on any atom is -0.366 e. The van der Waals surface area contributed by atoms with E-state index < -0.39 is 21.7 Å². The highest BCUT2D eigenvalue weighted by Crippen LogP contribution is 2.19. The Morgan fingerprint density at radius 2 is 1.89 bits per heavy atom.